The van der Waals surface area contributed by atoms with Crippen LogP contribution in [0.25, 0.3) is 0 Å². The molecule has 0 radical (unpaired) electrons. The van der Waals surface area contributed by atoms with Crippen LogP contribution in [0.5, 0.6) is 0 Å². The molecule has 0 saturated heterocycles. The van der Waals surface area contributed by atoms with Gasteiger partial charge in [0, 0.05) is 19.3 Å². The molecule has 1 atom stereocenters. The Morgan fingerprint density at radius 3 is 1.03 bits per heavy atom. The Morgan fingerprint density at radius 2 is 0.627 bits per heavy atom. The van der Waals surface area contributed by atoms with Crippen LogP contribution in [-0.4, -0.2) is 37.2 Å². The molecule has 0 aliphatic carbocycles. The highest BCUT2D eigenvalue weighted by molar-refractivity contribution is 5.71. The van der Waals surface area contributed by atoms with E-state index in [9.17, 15) is 14.4 Å². The maximum absolute atomic E-state index is 12.8. The highest BCUT2D eigenvalue weighted by Gasteiger charge is 2.19. The molecule has 0 N–H and O–H groups in total. The van der Waals surface area contributed by atoms with Crippen LogP contribution in [0, 0.1) is 0 Å². The molecule has 0 aromatic heterocycles. The van der Waals surface area contributed by atoms with Crippen molar-refractivity contribution in [3.05, 3.63) is 60.8 Å². The van der Waals surface area contributed by atoms with E-state index >= 15 is 0 Å². The fourth-order valence-electron chi connectivity index (χ4n) is 8.21. The van der Waals surface area contributed by atoms with Gasteiger partial charge >= 0.3 is 17.9 Å². The summed E-state index contributed by atoms with van der Waals surface area (Å²) in [7, 11) is 0. The molecule has 0 spiro atoms. The number of unbranched alkanes of at least 4 members (excludes halogenated alkanes) is 32. The molecule has 67 heavy (non-hydrogen) atoms. The summed E-state index contributed by atoms with van der Waals surface area (Å²) in [6, 6.07) is 0. The predicted octanol–water partition coefficient (Wildman–Crippen LogP) is 19.2. The van der Waals surface area contributed by atoms with Gasteiger partial charge in [-0.25, -0.2) is 0 Å². The Bertz CT molecular complexity index is 1210. The first-order chi connectivity index (χ1) is 33.0. The lowest BCUT2D eigenvalue weighted by atomic mass is 10.0. The van der Waals surface area contributed by atoms with E-state index < -0.39 is 6.10 Å². The first-order valence-corrected chi connectivity index (χ1v) is 28.8. The SMILES string of the molecule is CC/C=C\C/C=C\C/C=C\CCCCCCCCC(=O)OC(COC(=O)CCCCCCCCCCCC/C=C\C=C/CCCCC)COC(=O)CCCCCCCCCCCCCCCC. The minimum Gasteiger partial charge on any atom is -0.462 e. The average molecular weight is 938 g/mol. The van der Waals surface area contributed by atoms with Gasteiger partial charge < -0.3 is 14.2 Å². The van der Waals surface area contributed by atoms with Crippen LogP contribution < -0.4 is 0 Å². The molecule has 0 rings (SSSR count). The molecule has 0 saturated carbocycles. The third-order valence-electron chi connectivity index (χ3n) is 12.5. The number of carbonyl (C=O) groups is 3. The van der Waals surface area contributed by atoms with Crippen LogP contribution in [0.2, 0.25) is 0 Å². The third-order valence-corrected chi connectivity index (χ3v) is 12.5. The van der Waals surface area contributed by atoms with Crippen molar-refractivity contribution in [3.63, 3.8) is 0 Å². The van der Waals surface area contributed by atoms with Gasteiger partial charge in [0.25, 0.3) is 0 Å². The summed E-state index contributed by atoms with van der Waals surface area (Å²) in [5.41, 5.74) is 0. The van der Waals surface area contributed by atoms with E-state index in [4.69, 9.17) is 14.2 Å². The lowest BCUT2D eigenvalue weighted by Crippen LogP contribution is -2.30. The van der Waals surface area contributed by atoms with Crippen molar-refractivity contribution < 1.29 is 28.6 Å². The van der Waals surface area contributed by atoms with Gasteiger partial charge in [0.2, 0.25) is 0 Å². The van der Waals surface area contributed by atoms with Crippen molar-refractivity contribution in [2.24, 2.45) is 0 Å². The Morgan fingerprint density at radius 1 is 0.328 bits per heavy atom. The summed E-state index contributed by atoms with van der Waals surface area (Å²) in [5, 5.41) is 0. The van der Waals surface area contributed by atoms with Gasteiger partial charge in [-0.2, -0.15) is 0 Å². The standard InChI is InChI=1S/C61H108O6/c1-4-7-10-13-16-19-22-25-28-30-31-32-34-36-39-42-45-48-51-54-60(63)66-57-58(56-65-59(62)53-50-47-44-41-38-35-27-24-21-18-15-12-9-6-3)67-61(64)55-52-49-46-43-40-37-33-29-26-23-20-17-14-11-8-5-2/h8,11,16-17,19-20,22,25-26,29,58H,4-7,9-10,12-15,18,21,23-24,27-28,30-57H2,1-3H3/b11-8-,19-16-,20-17-,25-22-,29-26-. The van der Waals surface area contributed by atoms with Crippen LogP contribution in [0.1, 0.15) is 290 Å². The van der Waals surface area contributed by atoms with Crippen LogP contribution in [0.3, 0.4) is 0 Å². The second-order valence-electron chi connectivity index (χ2n) is 19.2. The molecule has 388 valence electrons. The van der Waals surface area contributed by atoms with Crippen LogP contribution in [0.15, 0.2) is 60.8 Å². The van der Waals surface area contributed by atoms with E-state index in [2.05, 4.69) is 81.5 Å². The first kappa shape index (κ1) is 64.1. The predicted molar refractivity (Wildman–Crippen MR) is 288 cm³/mol. The van der Waals surface area contributed by atoms with E-state index in [1.54, 1.807) is 0 Å². The lowest BCUT2D eigenvalue weighted by Gasteiger charge is -2.18. The van der Waals surface area contributed by atoms with Crippen molar-refractivity contribution in [3.8, 4) is 0 Å². The Labute approximate surface area is 415 Å². The van der Waals surface area contributed by atoms with E-state index in [-0.39, 0.29) is 31.1 Å². The van der Waals surface area contributed by atoms with Crippen LogP contribution in [-0.2, 0) is 28.6 Å². The molecule has 0 heterocycles. The monoisotopic (exact) mass is 937 g/mol. The highest BCUT2D eigenvalue weighted by atomic mass is 16.6. The number of hydrogen-bond acceptors (Lipinski definition) is 6. The lowest BCUT2D eigenvalue weighted by molar-refractivity contribution is -0.167. The fraction of sp³-hybridized carbons (Fsp3) is 0.787. The first-order valence-electron chi connectivity index (χ1n) is 28.8. The van der Waals surface area contributed by atoms with Crippen molar-refractivity contribution in [1.82, 2.24) is 0 Å². The molecule has 0 aromatic carbocycles. The van der Waals surface area contributed by atoms with Gasteiger partial charge in [0.1, 0.15) is 13.2 Å². The number of allylic oxidation sites excluding steroid dienone is 10. The number of rotatable bonds is 52. The summed E-state index contributed by atoms with van der Waals surface area (Å²) in [6.07, 6.45) is 69.2. The molecular formula is C61H108O6. The molecule has 0 aliphatic heterocycles. The van der Waals surface area contributed by atoms with Crippen molar-refractivity contribution >= 4 is 17.9 Å². The third kappa shape index (κ3) is 53.9. The van der Waals surface area contributed by atoms with E-state index in [0.29, 0.717) is 19.3 Å². The molecule has 1 unspecified atom stereocenters. The molecular weight excluding hydrogens is 829 g/mol. The highest BCUT2D eigenvalue weighted by Crippen LogP contribution is 2.16. The minimum absolute atomic E-state index is 0.0780. The minimum atomic E-state index is -0.781. The molecule has 0 bridgehead atoms. The summed E-state index contributed by atoms with van der Waals surface area (Å²) >= 11 is 0. The Kier molecular flexibility index (Phi) is 53.3. The molecule has 0 amide bonds. The Hall–Kier alpha value is -2.89. The normalized spacial score (nSPS) is 12.5. The largest absolute Gasteiger partial charge is 0.462 e. The summed E-state index contributed by atoms with van der Waals surface area (Å²) in [5.74, 6) is -0.882. The topological polar surface area (TPSA) is 78.9 Å². The quantitative estimate of drug-likeness (QED) is 0.0199. The molecule has 0 aromatic rings. The van der Waals surface area contributed by atoms with Gasteiger partial charge in [-0.15, -0.1) is 0 Å². The number of hydrogen-bond donors (Lipinski definition) is 0. The average Bonchev–Trinajstić information content (AvgIpc) is 3.33. The number of carbonyl (C=O) groups excluding carboxylic acids is 3. The number of ether oxygens (including phenoxy) is 3. The van der Waals surface area contributed by atoms with E-state index in [0.717, 1.165) is 89.9 Å². The van der Waals surface area contributed by atoms with Gasteiger partial charge in [0.05, 0.1) is 0 Å². The summed E-state index contributed by atoms with van der Waals surface area (Å²) in [4.78, 5) is 38.2. The fourth-order valence-corrected chi connectivity index (χ4v) is 8.21. The van der Waals surface area contributed by atoms with Crippen molar-refractivity contribution in [2.45, 2.75) is 297 Å². The zero-order valence-corrected chi connectivity index (χ0v) is 44.4. The van der Waals surface area contributed by atoms with Crippen molar-refractivity contribution in [2.75, 3.05) is 13.2 Å². The van der Waals surface area contributed by atoms with Crippen LogP contribution >= 0.6 is 0 Å². The van der Waals surface area contributed by atoms with E-state index in [1.807, 2.05) is 0 Å². The second-order valence-corrected chi connectivity index (χ2v) is 19.2. The maximum atomic E-state index is 12.8. The van der Waals surface area contributed by atoms with Gasteiger partial charge in [-0.3, -0.25) is 14.4 Å². The molecule has 6 heteroatoms. The van der Waals surface area contributed by atoms with Gasteiger partial charge in [0.15, 0.2) is 6.10 Å². The molecule has 6 nitrogen and oxygen atoms in total. The van der Waals surface area contributed by atoms with E-state index in [1.165, 1.54) is 161 Å². The van der Waals surface area contributed by atoms with Gasteiger partial charge in [-0.1, -0.05) is 255 Å². The van der Waals surface area contributed by atoms with Gasteiger partial charge in [-0.05, 0) is 77.0 Å². The zero-order valence-electron chi connectivity index (χ0n) is 44.4. The second kappa shape index (κ2) is 55.7. The molecule has 0 aliphatic rings. The Balaban J connectivity index is 4.37. The number of esters is 3. The van der Waals surface area contributed by atoms with Crippen molar-refractivity contribution in [1.29, 1.82) is 0 Å². The zero-order chi connectivity index (χ0) is 48.6. The molecule has 0 fully saturated rings. The summed E-state index contributed by atoms with van der Waals surface area (Å²) < 4.78 is 16.9. The maximum Gasteiger partial charge on any atom is 0.306 e. The van der Waals surface area contributed by atoms with Crippen LogP contribution in [0.4, 0.5) is 0 Å². The summed E-state index contributed by atoms with van der Waals surface area (Å²) in [6.45, 7) is 6.52. The smallest absolute Gasteiger partial charge is 0.306 e.